The number of nitrogens with zero attached hydrogens (tertiary/aromatic N) is 4. The molecule has 5 N–H and O–H groups in total. The summed E-state index contributed by atoms with van der Waals surface area (Å²) in [5, 5.41) is 33.5. The lowest BCUT2D eigenvalue weighted by atomic mass is 9.73. The van der Waals surface area contributed by atoms with Crippen molar-refractivity contribution >= 4 is 17.0 Å². The van der Waals surface area contributed by atoms with Gasteiger partial charge in [-0.25, -0.2) is 15.0 Å². The lowest BCUT2D eigenvalue weighted by molar-refractivity contribution is -0.165. The molecule has 0 bridgehead atoms. The van der Waals surface area contributed by atoms with Crippen molar-refractivity contribution in [2.75, 3.05) is 12.3 Å². The van der Waals surface area contributed by atoms with Crippen LogP contribution >= 0.6 is 0 Å². The Morgan fingerprint density at radius 3 is 2.31 bits per heavy atom. The molecule has 4 atom stereocenters. The molecular weight excluding hydrogens is 374 g/mol. The molecule has 0 spiro atoms. The van der Waals surface area contributed by atoms with Crippen molar-refractivity contribution in [3.05, 3.63) is 12.7 Å². The molecule has 0 saturated carbocycles. The number of nitrogens with two attached hydrogens (primary N) is 1. The van der Waals surface area contributed by atoms with E-state index in [1.807, 2.05) is 0 Å². The highest BCUT2D eigenvalue weighted by atomic mass is 16.6. The van der Waals surface area contributed by atoms with Crippen LogP contribution in [0.1, 0.15) is 71.4 Å². The molecule has 0 aromatic carbocycles. The number of aromatic nitrogens is 4. The zero-order valence-corrected chi connectivity index (χ0v) is 17.3. The summed E-state index contributed by atoms with van der Waals surface area (Å²) in [6.07, 6.45) is 6.93. The second-order valence-electron chi connectivity index (χ2n) is 8.01. The Hall–Kier alpha value is -1.81. The van der Waals surface area contributed by atoms with Gasteiger partial charge in [0.1, 0.15) is 29.2 Å². The van der Waals surface area contributed by atoms with Gasteiger partial charge in [-0.15, -0.1) is 0 Å². The van der Waals surface area contributed by atoms with E-state index in [0.29, 0.717) is 24.0 Å². The summed E-state index contributed by atoms with van der Waals surface area (Å²) in [6.45, 7) is 3.77. The third-order valence-corrected chi connectivity index (χ3v) is 6.11. The fraction of sp³-hybridized carbons (Fsp3) is 0.750. The van der Waals surface area contributed by atoms with Crippen LogP contribution in [0.2, 0.25) is 0 Å². The number of nitrogen functional groups attached to an aromatic ring is 1. The maximum Gasteiger partial charge on any atom is 0.168 e. The summed E-state index contributed by atoms with van der Waals surface area (Å²) in [7, 11) is 0. The third kappa shape index (κ3) is 3.72. The summed E-state index contributed by atoms with van der Waals surface area (Å²) >= 11 is 0. The van der Waals surface area contributed by atoms with Crippen LogP contribution in [-0.4, -0.2) is 58.8 Å². The standard InChI is InChI=1S/C20H33N5O4/c1-3-5-7-9-19(27)14(11-26)29-18(20(19,28)10-8-6-4-2)25-13-24-15-16(21)22-12-23-17(15)25/h12-14,18,26-28H,3-11H2,1-2H3,(H2,21,22,23)/t14-,18-,19-,20+/m1/s1. The average Bonchev–Trinajstić information content (AvgIpc) is 3.22. The van der Waals surface area contributed by atoms with Crippen LogP contribution in [0.15, 0.2) is 12.7 Å². The Balaban J connectivity index is 2.05. The molecule has 1 aliphatic rings. The van der Waals surface area contributed by atoms with Crippen molar-refractivity contribution in [1.82, 2.24) is 19.5 Å². The van der Waals surface area contributed by atoms with E-state index in [2.05, 4.69) is 28.8 Å². The van der Waals surface area contributed by atoms with E-state index < -0.39 is 23.5 Å². The first-order valence-electron chi connectivity index (χ1n) is 10.6. The normalized spacial score (nSPS) is 29.7. The number of fused-ring (bicyclic) bond motifs is 1. The summed E-state index contributed by atoms with van der Waals surface area (Å²) in [6, 6.07) is 0. The van der Waals surface area contributed by atoms with Crippen LogP contribution in [0.25, 0.3) is 11.2 Å². The molecule has 162 valence electrons. The number of hydrogen-bond acceptors (Lipinski definition) is 8. The van der Waals surface area contributed by atoms with Gasteiger partial charge >= 0.3 is 0 Å². The third-order valence-electron chi connectivity index (χ3n) is 6.11. The molecule has 0 amide bonds. The van der Waals surface area contributed by atoms with Gasteiger partial charge in [0.25, 0.3) is 0 Å². The number of unbranched alkanes of at least 4 members (excludes halogenated alkanes) is 4. The van der Waals surface area contributed by atoms with E-state index in [1.54, 1.807) is 4.57 Å². The van der Waals surface area contributed by atoms with Crippen LogP contribution in [0.3, 0.4) is 0 Å². The zero-order valence-electron chi connectivity index (χ0n) is 17.3. The lowest BCUT2D eigenvalue weighted by Crippen LogP contribution is -2.58. The van der Waals surface area contributed by atoms with Gasteiger partial charge in [-0.1, -0.05) is 52.4 Å². The second kappa shape index (κ2) is 8.91. The van der Waals surface area contributed by atoms with E-state index in [1.165, 1.54) is 12.7 Å². The smallest absolute Gasteiger partial charge is 0.168 e. The summed E-state index contributed by atoms with van der Waals surface area (Å²) in [5.74, 6) is 0.234. The van der Waals surface area contributed by atoms with Crippen LogP contribution in [0.4, 0.5) is 5.82 Å². The minimum Gasteiger partial charge on any atom is -0.394 e. The zero-order chi connectivity index (χ0) is 21.1. The Morgan fingerprint density at radius 2 is 1.69 bits per heavy atom. The van der Waals surface area contributed by atoms with E-state index in [0.717, 1.165) is 38.5 Å². The van der Waals surface area contributed by atoms with Crippen LogP contribution in [0, 0.1) is 0 Å². The summed E-state index contributed by atoms with van der Waals surface area (Å²) in [4.78, 5) is 12.5. The largest absolute Gasteiger partial charge is 0.394 e. The molecular formula is C20H33N5O4. The highest BCUT2D eigenvalue weighted by Crippen LogP contribution is 2.51. The first kappa shape index (κ1) is 21.9. The van der Waals surface area contributed by atoms with Gasteiger partial charge in [-0.2, -0.15) is 0 Å². The molecule has 29 heavy (non-hydrogen) atoms. The number of ether oxygens (including phenoxy) is 1. The number of hydrogen-bond donors (Lipinski definition) is 4. The average molecular weight is 408 g/mol. The van der Waals surface area contributed by atoms with Gasteiger partial charge in [0, 0.05) is 0 Å². The molecule has 2 aromatic rings. The molecule has 0 radical (unpaired) electrons. The van der Waals surface area contributed by atoms with Gasteiger partial charge in [0.2, 0.25) is 0 Å². The van der Waals surface area contributed by atoms with Gasteiger partial charge in [0.05, 0.1) is 12.9 Å². The van der Waals surface area contributed by atoms with Crippen molar-refractivity contribution in [3.8, 4) is 0 Å². The number of anilines is 1. The number of imidazole rings is 1. The molecule has 1 aliphatic heterocycles. The fourth-order valence-electron chi connectivity index (χ4n) is 4.41. The van der Waals surface area contributed by atoms with Gasteiger partial charge < -0.3 is 25.8 Å². The van der Waals surface area contributed by atoms with Crippen molar-refractivity contribution in [3.63, 3.8) is 0 Å². The molecule has 2 aromatic heterocycles. The number of aliphatic hydroxyl groups excluding tert-OH is 1. The second-order valence-corrected chi connectivity index (χ2v) is 8.01. The highest BCUT2D eigenvalue weighted by molar-refractivity contribution is 5.81. The molecule has 1 fully saturated rings. The van der Waals surface area contributed by atoms with Crippen molar-refractivity contribution in [1.29, 1.82) is 0 Å². The number of aliphatic hydroxyl groups is 3. The van der Waals surface area contributed by atoms with Gasteiger partial charge in [-0.05, 0) is 12.8 Å². The SMILES string of the molecule is CCCCC[C@@]1(O)[C@@H](CO)O[C@@H](n2cnc3c(N)ncnc32)[C@@]1(O)CCCCC. The Labute approximate surface area is 170 Å². The highest BCUT2D eigenvalue weighted by Gasteiger charge is 2.65. The Kier molecular flexibility index (Phi) is 6.72. The number of rotatable bonds is 10. The summed E-state index contributed by atoms with van der Waals surface area (Å²) in [5.41, 5.74) is 3.56. The van der Waals surface area contributed by atoms with E-state index >= 15 is 0 Å². The lowest BCUT2D eigenvalue weighted by Gasteiger charge is -2.41. The van der Waals surface area contributed by atoms with E-state index in [9.17, 15) is 15.3 Å². The fourth-order valence-corrected chi connectivity index (χ4v) is 4.41. The van der Waals surface area contributed by atoms with Crippen molar-refractivity contribution in [2.45, 2.75) is 88.7 Å². The minimum atomic E-state index is -1.60. The Bertz CT molecular complexity index is 815. The van der Waals surface area contributed by atoms with Crippen LogP contribution in [0.5, 0.6) is 0 Å². The molecule has 3 heterocycles. The molecule has 9 heteroatoms. The summed E-state index contributed by atoms with van der Waals surface area (Å²) < 4.78 is 7.66. The molecule has 0 unspecified atom stereocenters. The maximum atomic E-state index is 11.9. The molecule has 0 aliphatic carbocycles. The topological polar surface area (TPSA) is 140 Å². The first-order chi connectivity index (χ1) is 13.9. The van der Waals surface area contributed by atoms with E-state index in [-0.39, 0.29) is 12.4 Å². The molecule has 1 saturated heterocycles. The van der Waals surface area contributed by atoms with Crippen molar-refractivity contribution < 1.29 is 20.1 Å². The Morgan fingerprint density at radius 1 is 1.03 bits per heavy atom. The molecule has 3 rings (SSSR count). The van der Waals surface area contributed by atoms with Crippen LogP contribution in [-0.2, 0) is 4.74 Å². The maximum absolute atomic E-state index is 11.9. The minimum absolute atomic E-state index is 0.234. The molecule has 9 nitrogen and oxygen atoms in total. The van der Waals surface area contributed by atoms with Crippen LogP contribution < -0.4 is 5.73 Å². The van der Waals surface area contributed by atoms with Crippen molar-refractivity contribution in [2.24, 2.45) is 0 Å². The van der Waals surface area contributed by atoms with E-state index in [4.69, 9.17) is 10.5 Å². The monoisotopic (exact) mass is 407 g/mol. The first-order valence-corrected chi connectivity index (χ1v) is 10.6. The predicted octanol–water partition coefficient (Wildman–Crippen LogP) is 1.92. The van der Waals surface area contributed by atoms with Gasteiger partial charge in [-0.3, -0.25) is 4.57 Å². The van der Waals surface area contributed by atoms with Gasteiger partial charge in [0.15, 0.2) is 17.7 Å². The predicted molar refractivity (Wildman–Crippen MR) is 109 cm³/mol. The quantitative estimate of drug-likeness (QED) is 0.438.